The molecule has 0 aromatic rings. The van der Waals surface area contributed by atoms with Gasteiger partial charge in [0.05, 0.1) is 11.0 Å². The molecule has 5 heteroatoms. The second-order valence-electron chi connectivity index (χ2n) is 5.26. The van der Waals surface area contributed by atoms with Gasteiger partial charge in [-0.2, -0.15) is 0 Å². The lowest BCUT2D eigenvalue weighted by Gasteiger charge is -2.37. The van der Waals surface area contributed by atoms with Gasteiger partial charge in [0.1, 0.15) is 0 Å². The lowest BCUT2D eigenvalue weighted by atomic mass is 10.2. The van der Waals surface area contributed by atoms with Crippen LogP contribution >= 0.6 is 12.2 Å². The van der Waals surface area contributed by atoms with E-state index in [2.05, 4.69) is 11.8 Å². The van der Waals surface area contributed by atoms with E-state index in [0.29, 0.717) is 22.7 Å². The quantitative estimate of drug-likeness (QED) is 0.745. The Bertz CT molecular complexity index is 326. The fourth-order valence-corrected chi connectivity index (χ4v) is 2.56. The molecule has 3 unspecified atom stereocenters. The molecule has 3 atom stereocenters. The highest BCUT2D eigenvalue weighted by Crippen LogP contribution is 2.39. The van der Waals surface area contributed by atoms with E-state index in [4.69, 9.17) is 18.0 Å². The lowest BCUT2D eigenvalue weighted by molar-refractivity contribution is -0.134. The first kappa shape index (κ1) is 12.8. The third kappa shape index (κ3) is 2.77. The zero-order valence-corrected chi connectivity index (χ0v) is 11.4. The largest absolute Gasteiger partial charge is 0.392 e. The molecule has 4 nitrogen and oxygen atoms in total. The summed E-state index contributed by atoms with van der Waals surface area (Å²) in [5.74, 6) is 1.24. The molecule has 96 valence electrons. The number of nitrogens with two attached hydrogens (primary N) is 1. The van der Waals surface area contributed by atoms with Gasteiger partial charge < -0.3 is 10.6 Å². The summed E-state index contributed by atoms with van der Waals surface area (Å²) >= 11 is 5.00. The number of amides is 1. The van der Waals surface area contributed by atoms with E-state index in [1.807, 2.05) is 11.8 Å². The van der Waals surface area contributed by atoms with Crippen molar-refractivity contribution in [2.45, 2.75) is 26.3 Å². The molecule has 1 saturated heterocycles. The van der Waals surface area contributed by atoms with Crippen molar-refractivity contribution >= 4 is 23.1 Å². The highest BCUT2D eigenvalue weighted by Gasteiger charge is 2.42. The van der Waals surface area contributed by atoms with Gasteiger partial charge in [-0.3, -0.25) is 9.69 Å². The third-order valence-electron chi connectivity index (χ3n) is 4.01. The third-order valence-corrected chi connectivity index (χ3v) is 4.35. The van der Waals surface area contributed by atoms with Gasteiger partial charge in [0.25, 0.3) is 0 Å². The Balaban J connectivity index is 1.81. The van der Waals surface area contributed by atoms with Crippen molar-refractivity contribution in [3.8, 4) is 0 Å². The average molecular weight is 255 g/mol. The van der Waals surface area contributed by atoms with E-state index < -0.39 is 0 Å². The van der Waals surface area contributed by atoms with Crippen LogP contribution in [0.15, 0.2) is 0 Å². The normalized spacial score (nSPS) is 31.1. The molecule has 0 spiro atoms. The van der Waals surface area contributed by atoms with Crippen molar-refractivity contribution in [1.82, 2.24) is 9.80 Å². The molecule has 1 aliphatic carbocycles. The van der Waals surface area contributed by atoms with E-state index in [1.165, 1.54) is 0 Å². The summed E-state index contributed by atoms with van der Waals surface area (Å²) in [6.45, 7) is 7.57. The first-order valence-electron chi connectivity index (χ1n) is 6.33. The maximum atomic E-state index is 12.0. The van der Waals surface area contributed by atoms with E-state index in [9.17, 15) is 4.79 Å². The summed E-state index contributed by atoms with van der Waals surface area (Å²) in [4.78, 5) is 16.8. The second kappa shape index (κ2) is 4.90. The molecule has 0 aromatic heterocycles. The van der Waals surface area contributed by atoms with Crippen molar-refractivity contribution < 1.29 is 4.79 Å². The van der Waals surface area contributed by atoms with Crippen LogP contribution in [-0.4, -0.2) is 52.9 Å². The SMILES string of the molecule is CC1CC1C(=O)N1CCN(C(C)C(N)=S)CC1. The number of carbonyl (C=O) groups is 1. The molecule has 1 aliphatic heterocycles. The van der Waals surface area contributed by atoms with Crippen molar-refractivity contribution in [3.63, 3.8) is 0 Å². The smallest absolute Gasteiger partial charge is 0.226 e. The Kier molecular flexibility index (Phi) is 3.68. The van der Waals surface area contributed by atoms with E-state index in [0.717, 1.165) is 32.6 Å². The molecule has 2 rings (SSSR count). The van der Waals surface area contributed by atoms with Crippen molar-refractivity contribution in [2.75, 3.05) is 26.2 Å². The molecule has 1 amide bonds. The summed E-state index contributed by atoms with van der Waals surface area (Å²) < 4.78 is 0. The Hall–Kier alpha value is -0.680. The molecule has 0 bridgehead atoms. The molecule has 2 aliphatic rings. The monoisotopic (exact) mass is 255 g/mol. The van der Waals surface area contributed by atoms with Crippen LogP contribution in [0.2, 0.25) is 0 Å². The van der Waals surface area contributed by atoms with Crippen LogP contribution in [0.1, 0.15) is 20.3 Å². The standard InChI is InChI=1S/C12H21N3OS/c1-8-7-10(8)12(16)15-5-3-14(4-6-15)9(2)11(13)17/h8-10H,3-7H2,1-2H3,(H2,13,17). The molecule has 17 heavy (non-hydrogen) atoms. The van der Waals surface area contributed by atoms with Crippen LogP contribution in [0.3, 0.4) is 0 Å². The van der Waals surface area contributed by atoms with Crippen molar-refractivity contribution in [1.29, 1.82) is 0 Å². The number of nitrogens with zero attached hydrogens (tertiary/aromatic N) is 2. The number of piperazine rings is 1. The van der Waals surface area contributed by atoms with Crippen LogP contribution in [0.5, 0.6) is 0 Å². The van der Waals surface area contributed by atoms with Gasteiger partial charge >= 0.3 is 0 Å². The summed E-state index contributed by atoms with van der Waals surface area (Å²) in [5.41, 5.74) is 5.65. The maximum Gasteiger partial charge on any atom is 0.226 e. The zero-order chi connectivity index (χ0) is 12.6. The predicted octanol–water partition coefficient (Wildman–Crippen LogP) is 0.461. The van der Waals surface area contributed by atoms with Gasteiger partial charge in [-0.1, -0.05) is 19.1 Å². The van der Waals surface area contributed by atoms with Gasteiger partial charge in [-0.15, -0.1) is 0 Å². The number of hydrogen-bond donors (Lipinski definition) is 1. The topological polar surface area (TPSA) is 49.6 Å². The Morgan fingerprint density at radius 2 is 1.88 bits per heavy atom. The van der Waals surface area contributed by atoms with E-state index >= 15 is 0 Å². The highest BCUT2D eigenvalue weighted by molar-refractivity contribution is 7.80. The Labute approximate surface area is 108 Å². The minimum atomic E-state index is 0.141. The number of hydrogen-bond acceptors (Lipinski definition) is 3. The summed E-state index contributed by atoms with van der Waals surface area (Å²) in [6, 6.07) is 0.141. The Morgan fingerprint density at radius 3 is 2.29 bits per heavy atom. The molecule has 2 fully saturated rings. The van der Waals surface area contributed by atoms with Crippen LogP contribution in [0.25, 0.3) is 0 Å². The number of rotatable bonds is 3. The molecule has 1 heterocycles. The van der Waals surface area contributed by atoms with E-state index in [-0.39, 0.29) is 6.04 Å². The minimum Gasteiger partial charge on any atom is -0.392 e. The van der Waals surface area contributed by atoms with Gasteiger partial charge in [0, 0.05) is 32.1 Å². The molecule has 0 radical (unpaired) electrons. The van der Waals surface area contributed by atoms with Crippen LogP contribution in [0.4, 0.5) is 0 Å². The predicted molar refractivity (Wildman–Crippen MR) is 71.7 cm³/mol. The number of carbonyl (C=O) groups excluding carboxylic acids is 1. The fraction of sp³-hybridized carbons (Fsp3) is 0.833. The van der Waals surface area contributed by atoms with Gasteiger partial charge in [0.15, 0.2) is 0 Å². The average Bonchev–Trinajstić information content (AvgIpc) is 3.04. The first-order valence-corrected chi connectivity index (χ1v) is 6.73. The van der Waals surface area contributed by atoms with Crippen molar-refractivity contribution in [2.24, 2.45) is 17.6 Å². The van der Waals surface area contributed by atoms with Gasteiger partial charge in [0.2, 0.25) is 5.91 Å². The molecular formula is C12H21N3OS. The van der Waals surface area contributed by atoms with Gasteiger partial charge in [-0.05, 0) is 19.3 Å². The van der Waals surface area contributed by atoms with Crippen LogP contribution in [0, 0.1) is 11.8 Å². The highest BCUT2D eigenvalue weighted by atomic mass is 32.1. The Morgan fingerprint density at radius 1 is 1.35 bits per heavy atom. The van der Waals surface area contributed by atoms with E-state index in [1.54, 1.807) is 0 Å². The van der Waals surface area contributed by atoms with Crippen LogP contribution in [-0.2, 0) is 4.79 Å². The van der Waals surface area contributed by atoms with Crippen molar-refractivity contribution in [3.05, 3.63) is 0 Å². The fourth-order valence-electron chi connectivity index (χ4n) is 2.41. The summed E-state index contributed by atoms with van der Waals surface area (Å²) in [6.07, 6.45) is 1.07. The number of thiocarbonyl (C=S) groups is 1. The zero-order valence-electron chi connectivity index (χ0n) is 10.6. The molecular weight excluding hydrogens is 234 g/mol. The minimum absolute atomic E-state index is 0.141. The second-order valence-corrected chi connectivity index (χ2v) is 5.73. The summed E-state index contributed by atoms with van der Waals surface area (Å²) in [5, 5.41) is 0. The summed E-state index contributed by atoms with van der Waals surface area (Å²) in [7, 11) is 0. The molecule has 2 N–H and O–H groups in total. The molecule has 1 saturated carbocycles. The van der Waals surface area contributed by atoms with Gasteiger partial charge in [-0.25, -0.2) is 0 Å². The molecule has 0 aromatic carbocycles. The van der Waals surface area contributed by atoms with Crippen LogP contribution < -0.4 is 5.73 Å². The maximum absolute atomic E-state index is 12.0. The lowest BCUT2D eigenvalue weighted by Crippen LogP contribution is -2.54. The first-order chi connectivity index (χ1) is 8.00.